The van der Waals surface area contributed by atoms with Crippen LogP contribution in [0, 0.1) is 6.92 Å². The number of hydrogen-bond donors (Lipinski definition) is 4. The van der Waals surface area contributed by atoms with Crippen LogP contribution in [0.3, 0.4) is 0 Å². The van der Waals surface area contributed by atoms with Gasteiger partial charge in [0.15, 0.2) is 18.1 Å². The van der Waals surface area contributed by atoms with Gasteiger partial charge >= 0.3 is 5.97 Å². The number of hydrogen-bond acceptors (Lipinski definition) is 5. The van der Waals surface area contributed by atoms with E-state index in [4.69, 9.17) is 21.1 Å². The quantitative estimate of drug-likeness (QED) is 0.195. The van der Waals surface area contributed by atoms with E-state index < -0.39 is 12.0 Å². The molecule has 0 aliphatic heterocycles. The Labute approximate surface area is 225 Å². The fourth-order valence-corrected chi connectivity index (χ4v) is 4.39. The van der Waals surface area contributed by atoms with Crippen LogP contribution in [0.1, 0.15) is 23.6 Å². The number of amides is 1. The third kappa shape index (κ3) is 6.85. The second kappa shape index (κ2) is 12.5. The maximum atomic E-state index is 12.4. The summed E-state index contributed by atoms with van der Waals surface area (Å²) in [5.41, 5.74) is 4.36. The SMILES string of the molecule is CCOc1cc(CNC(Cc2c[nH]c3ccccc23)C(=O)O)cc(Cl)c1OCC(=O)Nc1ccc(C)cc1. The third-order valence-electron chi connectivity index (χ3n) is 6.00. The number of halogens is 1. The largest absolute Gasteiger partial charge is 0.490 e. The van der Waals surface area contributed by atoms with Crippen molar-refractivity contribution in [2.75, 3.05) is 18.5 Å². The number of ether oxygens (including phenoxy) is 2. The average Bonchev–Trinajstić information content (AvgIpc) is 3.30. The molecular formula is C29H30ClN3O5. The van der Waals surface area contributed by atoms with Crippen molar-refractivity contribution in [2.45, 2.75) is 32.9 Å². The van der Waals surface area contributed by atoms with E-state index in [-0.39, 0.29) is 29.8 Å². The number of nitrogens with one attached hydrogen (secondary N) is 3. The Kier molecular flexibility index (Phi) is 8.89. The molecule has 0 spiro atoms. The molecule has 1 heterocycles. The second-order valence-corrected chi connectivity index (χ2v) is 9.28. The smallest absolute Gasteiger partial charge is 0.321 e. The summed E-state index contributed by atoms with van der Waals surface area (Å²) in [6.45, 7) is 4.15. The highest BCUT2D eigenvalue weighted by Crippen LogP contribution is 2.37. The lowest BCUT2D eigenvalue weighted by Gasteiger charge is -2.17. The topological polar surface area (TPSA) is 113 Å². The fourth-order valence-electron chi connectivity index (χ4n) is 4.11. The Morgan fingerprint density at radius 1 is 1.08 bits per heavy atom. The maximum Gasteiger partial charge on any atom is 0.321 e. The van der Waals surface area contributed by atoms with Crippen molar-refractivity contribution in [3.63, 3.8) is 0 Å². The molecule has 1 atom stereocenters. The molecular weight excluding hydrogens is 506 g/mol. The molecule has 0 aliphatic carbocycles. The lowest BCUT2D eigenvalue weighted by Crippen LogP contribution is -2.38. The molecule has 1 amide bonds. The highest BCUT2D eigenvalue weighted by atomic mass is 35.5. The minimum absolute atomic E-state index is 0.243. The fraction of sp³-hybridized carbons (Fsp3) is 0.241. The molecule has 3 aromatic carbocycles. The van der Waals surface area contributed by atoms with Crippen molar-refractivity contribution in [3.05, 3.63) is 88.6 Å². The number of benzene rings is 3. The first-order valence-corrected chi connectivity index (χ1v) is 12.7. The standard InChI is InChI=1S/C29H30ClN3O5/c1-3-37-26-13-19(12-23(30)28(26)38-17-27(34)33-21-10-8-18(2)9-11-21)15-31-25(29(35)36)14-20-16-32-24-7-5-4-6-22(20)24/h4-13,16,25,31-32H,3,14-15,17H2,1-2H3,(H,33,34)(H,35,36). The first-order valence-electron chi connectivity index (χ1n) is 12.3. The summed E-state index contributed by atoms with van der Waals surface area (Å²) >= 11 is 6.50. The van der Waals surface area contributed by atoms with Crippen LogP contribution in [0.25, 0.3) is 10.9 Å². The van der Waals surface area contributed by atoms with Gasteiger partial charge in [-0.3, -0.25) is 9.59 Å². The van der Waals surface area contributed by atoms with Crippen molar-refractivity contribution in [2.24, 2.45) is 0 Å². The molecule has 38 heavy (non-hydrogen) atoms. The molecule has 0 fully saturated rings. The van der Waals surface area contributed by atoms with E-state index >= 15 is 0 Å². The zero-order chi connectivity index (χ0) is 27.1. The van der Waals surface area contributed by atoms with Gasteiger partial charge in [-0.15, -0.1) is 0 Å². The van der Waals surface area contributed by atoms with E-state index in [9.17, 15) is 14.7 Å². The van der Waals surface area contributed by atoms with Crippen LogP contribution in [0.5, 0.6) is 11.5 Å². The first kappa shape index (κ1) is 27.0. The molecule has 0 aliphatic rings. The Hall–Kier alpha value is -4.01. The molecule has 9 heteroatoms. The van der Waals surface area contributed by atoms with E-state index in [1.165, 1.54) is 0 Å². The van der Waals surface area contributed by atoms with Crippen LogP contribution >= 0.6 is 11.6 Å². The number of para-hydroxylation sites is 1. The number of H-pyrrole nitrogens is 1. The predicted molar refractivity (Wildman–Crippen MR) is 148 cm³/mol. The van der Waals surface area contributed by atoms with E-state index in [0.29, 0.717) is 24.5 Å². The van der Waals surface area contributed by atoms with Gasteiger partial charge < -0.3 is 30.2 Å². The summed E-state index contributed by atoms with van der Waals surface area (Å²) in [5, 5.41) is 17.0. The van der Waals surface area contributed by atoms with Gasteiger partial charge in [-0.05, 0) is 55.3 Å². The van der Waals surface area contributed by atoms with Gasteiger partial charge in [0.05, 0.1) is 11.6 Å². The van der Waals surface area contributed by atoms with Gasteiger partial charge in [-0.1, -0.05) is 47.5 Å². The Morgan fingerprint density at radius 2 is 1.84 bits per heavy atom. The van der Waals surface area contributed by atoms with E-state index in [0.717, 1.165) is 27.6 Å². The number of fused-ring (bicyclic) bond motifs is 1. The van der Waals surface area contributed by atoms with Gasteiger partial charge in [0, 0.05) is 35.8 Å². The van der Waals surface area contributed by atoms with Crippen LogP contribution in [-0.4, -0.2) is 41.2 Å². The molecule has 198 valence electrons. The number of carboxylic acids is 1. The van der Waals surface area contributed by atoms with E-state index in [1.807, 2.05) is 68.6 Å². The number of aromatic nitrogens is 1. The maximum absolute atomic E-state index is 12.4. The lowest BCUT2D eigenvalue weighted by atomic mass is 10.0. The van der Waals surface area contributed by atoms with Crippen LogP contribution in [0.2, 0.25) is 5.02 Å². The molecule has 0 saturated carbocycles. The molecule has 4 aromatic rings. The Morgan fingerprint density at radius 3 is 2.58 bits per heavy atom. The number of carbonyl (C=O) groups excluding carboxylic acids is 1. The number of anilines is 1. The van der Waals surface area contributed by atoms with Gasteiger partial charge in [0.2, 0.25) is 0 Å². The van der Waals surface area contributed by atoms with Crippen LogP contribution in [0.15, 0.2) is 66.9 Å². The molecule has 1 unspecified atom stereocenters. The number of aryl methyl sites for hydroxylation is 1. The molecule has 8 nitrogen and oxygen atoms in total. The normalized spacial score (nSPS) is 11.8. The monoisotopic (exact) mass is 535 g/mol. The number of aromatic amines is 1. The van der Waals surface area contributed by atoms with E-state index in [1.54, 1.807) is 12.1 Å². The first-order chi connectivity index (χ1) is 18.3. The van der Waals surface area contributed by atoms with Crippen molar-refractivity contribution in [1.82, 2.24) is 10.3 Å². The van der Waals surface area contributed by atoms with E-state index in [2.05, 4.69) is 15.6 Å². The number of aliphatic carboxylic acids is 1. The molecule has 0 radical (unpaired) electrons. The predicted octanol–water partition coefficient (Wildman–Crippen LogP) is 5.33. The van der Waals surface area contributed by atoms with Crippen molar-refractivity contribution >= 4 is 40.1 Å². The van der Waals surface area contributed by atoms with Gasteiger partial charge in [0.1, 0.15) is 6.04 Å². The van der Waals surface area contributed by atoms with Crippen molar-refractivity contribution in [1.29, 1.82) is 0 Å². The summed E-state index contributed by atoms with van der Waals surface area (Å²) in [6, 6.07) is 17.8. The lowest BCUT2D eigenvalue weighted by molar-refractivity contribution is -0.139. The average molecular weight is 536 g/mol. The zero-order valence-electron chi connectivity index (χ0n) is 21.2. The Bertz CT molecular complexity index is 1420. The molecule has 0 saturated heterocycles. The second-order valence-electron chi connectivity index (χ2n) is 8.88. The minimum atomic E-state index is -0.953. The van der Waals surface area contributed by atoms with Crippen LogP contribution in [-0.2, 0) is 22.6 Å². The summed E-state index contributed by atoms with van der Waals surface area (Å²) in [4.78, 5) is 27.6. The van der Waals surface area contributed by atoms with Crippen molar-refractivity contribution in [3.8, 4) is 11.5 Å². The molecule has 4 rings (SSSR count). The van der Waals surface area contributed by atoms with Gasteiger partial charge in [-0.25, -0.2) is 0 Å². The summed E-state index contributed by atoms with van der Waals surface area (Å²) in [6.07, 6.45) is 2.15. The van der Waals surface area contributed by atoms with Crippen LogP contribution < -0.4 is 20.1 Å². The number of carbonyl (C=O) groups is 2. The molecule has 4 N–H and O–H groups in total. The zero-order valence-corrected chi connectivity index (χ0v) is 22.0. The number of rotatable bonds is 12. The highest BCUT2D eigenvalue weighted by Gasteiger charge is 2.20. The third-order valence-corrected chi connectivity index (χ3v) is 6.28. The van der Waals surface area contributed by atoms with Gasteiger partial charge in [-0.2, -0.15) is 0 Å². The molecule has 1 aromatic heterocycles. The Balaban J connectivity index is 1.42. The number of carboxylic acid groups (broad SMARTS) is 1. The van der Waals surface area contributed by atoms with Gasteiger partial charge in [0.25, 0.3) is 5.91 Å². The summed E-state index contributed by atoms with van der Waals surface area (Å²) < 4.78 is 11.4. The summed E-state index contributed by atoms with van der Waals surface area (Å²) in [7, 11) is 0. The highest BCUT2D eigenvalue weighted by molar-refractivity contribution is 6.32. The minimum Gasteiger partial charge on any atom is -0.490 e. The summed E-state index contributed by atoms with van der Waals surface area (Å²) in [5.74, 6) is -0.654. The van der Waals surface area contributed by atoms with Crippen molar-refractivity contribution < 1.29 is 24.2 Å². The molecule has 0 bridgehead atoms. The van der Waals surface area contributed by atoms with Crippen LogP contribution in [0.4, 0.5) is 5.69 Å².